The second-order valence-corrected chi connectivity index (χ2v) is 8.10. The van der Waals surface area contributed by atoms with Crippen molar-refractivity contribution < 1.29 is 84.5 Å². The monoisotopic (exact) mass is 528 g/mol. The van der Waals surface area contributed by atoms with Gasteiger partial charge in [0.1, 0.15) is 10.1 Å². The first-order valence-corrected chi connectivity index (χ1v) is 9.67. The molecular weight excluding hydrogens is 519 g/mol. The fourth-order valence-electron chi connectivity index (χ4n) is 2.84. The van der Waals surface area contributed by atoms with Gasteiger partial charge in [-0.2, -0.15) is 43.9 Å². The third kappa shape index (κ3) is 4.61. The molecule has 0 saturated heterocycles. The van der Waals surface area contributed by atoms with E-state index in [2.05, 4.69) is 0 Å². The summed E-state index contributed by atoms with van der Waals surface area (Å²) in [6.07, 6.45) is -8.15. The van der Waals surface area contributed by atoms with Crippen LogP contribution in [0.5, 0.6) is 0 Å². The van der Waals surface area contributed by atoms with Crippen LogP contribution in [0.3, 0.4) is 0 Å². The Morgan fingerprint density at radius 1 is 0.735 bits per heavy atom. The molecule has 0 heterocycles. The summed E-state index contributed by atoms with van der Waals surface area (Å²) in [6.45, 7) is 0. The topological polar surface area (TPSA) is 57.2 Å². The van der Waals surface area contributed by atoms with Crippen molar-refractivity contribution in [3.05, 3.63) is 42.0 Å². The van der Waals surface area contributed by atoms with Gasteiger partial charge in [0.2, 0.25) is 0 Å². The van der Waals surface area contributed by atoms with Crippen molar-refractivity contribution in [2.45, 2.75) is 47.4 Å². The summed E-state index contributed by atoms with van der Waals surface area (Å²) in [5, 5.41) is -1.29. The Balaban J connectivity index is 0.00000578. The van der Waals surface area contributed by atoms with Crippen LogP contribution < -0.4 is 18.9 Å². The molecule has 0 saturated carbocycles. The Morgan fingerprint density at radius 3 is 1.68 bits per heavy atom. The molecule has 0 N–H and O–H groups in total. The number of alkyl halides is 12. The number of benzene rings is 2. The van der Waals surface area contributed by atoms with Gasteiger partial charge in [0.25, 0.3) is 0 Å². The molecule has 17 heteroatoms. The largest absolute Gasteiger partial charge is 1.00 e. The van der Waals surface area contributed by atoms with Gasteiger partial charge in [-0.3, -0.25) is 0 Å². The second-order valence-electron chi connectivity index (χ2n) is 6.75. The number of halogens is 12. The summed E-state index contributed by atoms with van der Waals surface area (Å²) in [5.41, 5.74) is -1.07. The Morgan fingerprint density at radius 2 is 1.21 bits per heavy atom. The Hall–Kier alpha value is -1.63. The molecule has 0 fully saturated rings. The maximum atomic E-state index is 14.2. The van der Waals surface area contributed by atoms with Crippen LogP contribution in [0.1, 0.15) is 5.56 Å². The Kier molecular flexibility index (Phi) is 8.14. The van der Waals surface area contributed by atoms with Gasteiger partial charge in [-0.25, -0.2) is 17.2 Å². The number of fused-ring (bicyclic) bond motifs is 1. The molecule has 0 unspecified atom stereocenters. The Bertz CT molecular complexity index is 1150. The van der Waals surface area contributed by atoms with Crippen LogP contribution >= 0.6 is 0 Å². The van der Waals surface area contributed by atoms with Gasteiger partial charge in [0, 0.05) is 6.42 Å². The molecular formula is C17H9F12LiO3S. The van der Waals surface area contributed by atoms with Crippen LogP contribution in [0, 0.1) is 0 Å². The molecule has 0 bridgehead atoms. The second kappa shape index (κ2) is 9.10. The van der Waals surface area contributed by atoms with E-state index in [1.54, 1.807) is 0 Å². The van der Waals surface area contributed by atoms with Crippen LogP contribution in [-0.2, 0) is 16.5 Å². The van der Waals surface area contributed by atoms with E-state index in [4.69, 9.17) is 0 Å². The molecule has 2 rings (SSSR count). The van der Waals surface area contributed by atoms with Crippen molar-refractivity contribution in [2.75, 3.05) is 0 Å². The molecule has 0 radical (unpaired) electrons. The minimum Gasteiger partial charge on any atom is -0.744 e. The molecule has 0 aromatic heterocycles. The van der Waals surface area contributed by atoms with Crippen molar-refractivity contribution in [1.82, 2.24) is 0 Å². The quantitative estimate of drug-likeness (QED) is 0.301. The van der Waals surface area contributed by atoms with E-state index in [9.17, 15) is 65.7 Å². The minimum atomic E-state index is -7.67. The summed E-state index contributed by atoms with van der Waals surface area (Å²) in [7, 11) is -5.24. The van der Waals surface area contributed by atoms with E-state index in [-0.39, 0.29) is 18.9 Å². The van der Waals surface area contributed by atoms with Crippen LogP contribution in [-0.4, -0.2) is 49.0 Å². The van der Waals surface area contributed by atoms with Crippen LogP contribution in [0.2, 0.25) is 0 Å². The van der Waals surface area contributed by atoms with Gasteiger partial charge in [0.15, 0.2) is 0 Å². The summed E-state index contributed by atoms with van der Waals surface area (Å²) in [6, 6.07) is 4.42. The van der Waals surface area contributed by atoms with Gasteiger partial charge in [0.05, 0.1) is 4.90 Å². The first-order chi connectivity index (χ1) is 14.6. The SMILES string of the molecule is O=S(=O)([O-])c1cccc2c(CC(F)(F)C(F)(F)C(F)(F)C(F)(F)C(F)(F)C(F)F)cccc12.[Li+]. The zero-order chi connectivity index (χ0) is 25.8. The van der Waals surface area contributed by atoms with E-state index in [0.29, 0.717) is 12.1 Å². The molecule has 0 atom stereocenters. The molecule has 2 aromatic carbocycles. The van der Waals surface area contributed by atoms with E-state index in [1.165, 1.54) is 0 Å². The third-order valence-corrected chi connectivity index (χ3v) is 5.49. The van der Waals surface area contributed by atoms with Crippen molar-refractivity contribution in [1.29, 1.82) is 0 Å². The molecule has 34 heavy (non-hydrogen) atoms. The fourth-order valence-corrected chi connectivity index (χ4v) is 3.53. The Labute approximate surface area is 195 Å². The molecule has 0 aliphatic heterocycles. The van der Waals surface area contributed by atoms with Crippen molar-refractivity contribution in [3.63, 3.8) is 0 Å². The normalized spacial score (nSPS) is 14.4. The maximum Gasteiger partial charge on any atom is 1.00 e. The van der Waals surface area contributed by atoms with Crippen LogP contribution in [0.15, 0.2) is 41.3 Å². The molecule has 0 spiro atoms. The van der Waals surface area contributed by atoms with Gasteiger partial charge in [-0.15, -0.1) is 0 Å². The molecule has 3 nitrogen and oxygen atoms in total. The summed E-state index contributed by atoms with van der Waals surface area (Å²) in [4.78, 5) is -1.02. The number of rotatable bonds is 8. The van der Waals surface area contributed by atoms with Gasteiger partial charge < -0.3 is 4.55 Å². The number of hydrogen-bond donors (Lipinski definition) is 0. The predicted molar refractivity (Wildman–Crippen MR) is 86.4 cm³/mol. The van der Waals surface area contributed by atoms with Gasteiger partial charge in [-0.05, 0) is 22.4 Å². The third-order valence-electron chi connectivity index (χ3n) is 4.59. The van der Waals surface area contributed by atoms with E-state index in [0.717, 1.165) is 24.3 Å². The van der Waals surface area contributed by atoms with Crippen LogP contribution in [0.25, 0.3) is 10.8 Å². The van der Waals surface area contributed by atoms with Gasteiger partial charge >= 0.3 is 54.9 Å². The molecule has 186 valence electrons. The smallest absolute Gasteiger partial charge is 0.744 e. The average Bonchev–Trinajstić information content (AvgIpc) is 2.66. The molecule has 0 amide bonds. The predicted octanol–water partition coefficient (Wildman–Crippen LogP) is 2.73. The van der Waals surface area contributed by atoms with Crippen molar-refractivity contribution >= 4 is 20.9 Å². The zero-order valence-electron chi connectivity index (χ0n) is 16.4. The van der Waals surface area contributed by atoms with Crippen molar-refractivity contribution in [3.8, 4) is 0 Å². The molecule has 2 aromatic rings. The first-order valence-electron chi connectivity index (χ1n) is 8.26. The van der Waals surface area contributed by atoms with E-state index >= 15 is 0 Å². The van der Waals surface area contributed by atoms with Crippen LogP contribution in [0.4, 0.5) is 52.7 Å². The summed E-state index contributed by atoms with van der Waals surface area (Å²) in [5.74, 6) is -35.9. The summed E-state index contributed by atoms with van der Waals surface area (Å²) >= 11 is 0. The summed E-state index contributed by atoms with van der Waals surface area (Å²) < 4.78 is 194. The van der Waals surface area contributed by atoms with E-state index < -0.39 is 73.8 Å². The molecule has 0 aliphatic carbocycles. The standard InChI is InChI=1S/C17H10F12O3S.Li/c18-12(19)14(22,23)16(26,27)17(28,29)15(24,25)13(20,21)7-8-3-1-5-10-9(8)4-2-6-11(10)33(30,31)32;/h1-6,12H,7H2,(H,30,31,32);/q;+1/p-1. The van der Waals surface area contributed by atoms with E-state index in [1.807, 2.05) is 0 Å². The molecule has 0 aliphatic rings. The average molecular weight is 528 g/mol. The minimum absolute atomic E-state index is 0. The zero-order valence-corrected chi connectivity index (χ0v) is 17.2. The van der Waals surface area contributed by atoms with Crippen molar-refractivity contribution in [2.24, 2.45) is 0 Å². The maximum absolute atomic E-state index is 14.2. The number of hydrogen-bond acceptors (Lipinski definition) is 3. The fraction of sp³-hybridized carbons (Fsp3) is 0.412. The first kappa shape index (κ1) is 30.4. The van der Waals surface area contributed by atoms with Gasteiger partial charge in [-0.1, -0.05) is 30.3 Å².